The first kappa shape index (κ1) is 25.3. The average Bonchev–Trinajstić information content (AvgIpc) is 3.40. The molecule has 39 heavy (non-hydrogen) atoms. The number of benzene rings is 1. The van der Waals surface area contributed by atoms with Gasteiger partial charge in [-0.15, -0.1) is 0 Å². The molecule has 14 heteroatoms. The minimum Gasteiger partial charge on any atom is -0.464 e. The molecule has 0 spiro atoms. The van der Waals surface area contributed by atoms with E-state index >= 15 is 4.39 Å². The molecule has 4 atom stereocenters. The van der Waals surface area contributed by atoms with Gasteiger partial charge >= 0.3 is 0 Å². The summed E-state index contributed by atoms with van der Waals surface area (Å²) in [5, 5.41) is 2.86. The lowest BCUT2D eigenvalue weighted by Crippen LogP contribution is -2.39. The number of anilines is 2. The van der Waals surface area contributed by atoms with Crippen LogP contribution >= 0.6 is 11.8 Å². The number of hydrogen-bond donors (Lipinski definition) is 2. The number of nitrogens with one attached hydrogen (secondary N) is 1. The first-order valence-electron chi connectivity index (χ1n) is 11.9. The second kappa shape index (κ2) is 9.07. The number of thioether (sulfide) groups is 1. The number of pyridine rings is 1. The molecule has 3 aromatic heterocycles. The smallest absolute Gasteiger partial charge is 0.253 e. The fourth-order valence-corrected chi connectivity index (χ4v) is 6.35. The number of oxazole rings is 1. The Morgan fingerprint density at radius 2 is 2.03 bits per heavy atom. The fourth-order valence-electron chi connectivity index (χ4n) is 5.02. The zero-order valence-corrected chi connectivity index (χ0v) is 21.3. The van der Waals surface area contributed by atoms with Crippen LogP contribution in [0.3, 0.4) is 0 Å². The SMILES string of the molecule is C[C@H](Oc1cnc2c(Nc3cc(F)c(F)c([C@]4(C)N=C(N)S[C@@]5(C(F)F)C[C@@H]45)c3)nccc2n1)c1ncco1. The topological polar surface area (TPSA) is 124 Å². The van der Waals surface area contributed by atoms with Crippen molar-refractivity contribution in [3.63, 3.8) is 0 Å². The van der Waals surface area contributed by atoms with E-state index in [4.69, 9.17) is 14.9 Å². The van der Waals surface area contributed by atoms with Crippen LogP contribution in [-0.2, 0) is 5.54 Å². The standard InChI is InChI=1S/C25H21F4N7O2S/c1-11(21-32-5-6-37-21)38-17-10-33-19-15(35-17)3-4-31-20(19)34-12-7-13(18(27)14(26)8-12)24(2)16-9-25(16,22(28)29)39-23(30)36-24/h3-8,10-11,16,22H,9H2,1-2H3,(H2,30,36)(H,31,34)/t11-,16-,24-,25-/m0/s1. The lowest BCUT2D eigenvalue weighted by atomic mass is 9.85. The van der Waals surface area contributed by atoms with Gasteiger partial charge in [0.2, 0.25) is 11.8 Å². The second-order valence-corrected chi connectivity index (χ2v) is 10.9. The molecule has 2 aliphatic rings. The van der Waals surface area contributed by atoms with Crippen molar-refractivity contribution >= 4 is 39.5 Å². The summed E-state index contributed by atoms with van der Waals surface area (Å²) in [6, 6.07) is 3.90. The number of amidine groups is 1. The third kappa shape index (κ3) is 4.22. The highest BCUT2D eigenvalue weighted by molar-refractivity contribution is 8.15. The van der Waals surface area contributed by atoms with Crippen molar-refractivity contribution in [1.82, 2.24) is 19.9 Å². The minimum absolute atomic E-state index is 0.0776. The average molecular weight is 560 g/mol. The summed E-state index contributed by atoms with van der Waals surface area (Å²) < 4.78 is 67.3. The Morgan fingerprint density at radius 3 is 2.77 bits per heavy atom. The van der Waals surface area contributed by atoms with Gasteiger partial charge in [-0.05, 0) is 32.4 Å². The molecule has 1 aromatic carbocycles. The number of nitrogens with zero attached hydrogens (tertiary/aromatic N) is 5. The van der Waals surface area contributed by atoms with Crippen molar-refractivity contribution in [1.29, 1.82) is 0 Å². The van der Waals surface area contributed by atoms with Crippen LogP contribution in [0.1, 0.15) is 37.8 Å². The Balaban J connectivity index is 1.32. The van der Waals surface area contributed by atoms with Gasteiger partial charge in [-0.3, -0.25) is 4.99 Å². The summed E-state index contributed by atoms with van der Waals surface area (Å²) in [7, 11) is 0. The summed E-state index contributed by atoms with van der Waals surface area (Å²) >= 11 is 0.792. The molecular formula is C25H21F4N7O2S. The highest BCUT2D eigenvalue weighted by atomic mass is 32.2. The van der Waals surface area contributed by atoms with E-state index in [1.54, 1.807) is 13.0 Å². The number of aromatic nitrogens is 4. The van der Waals surface area contributed by atoms with Gasteiger partial charge in [0.25, 0.3) is 6.43 Å². The van der Waals surface area contributed by atoms with Gasteiger partial charge in [0.15, 0.2) is 28.7 Å². The van der Waals surface area contributed by atoms with Gasteiger partial charge < -0.3 is 20.2 Å². The van der Waals surface area contributed by atoms with Crippen LogP contribution in [-0.4, -0.2) is 36.3 Å². The van der Waals surface area contributed by atoms with E-state index in [0.29, 0.717) is 16.9 Å². The number of nitrogens with two attached hydrogens (primary N) is 1. The Kier molecular flexibility index (Phi) is 5.90. The van der Waals surface area contributed by atoms with Crippen molar-refractivity contribution in [2.45, 2.75) is 43.1 Å². The number of halogens is 4. The second-order valence-electron chi connectivity index (χ2n) is 9.52. The molecule has 1 fully saturated rings. The van der Waals surface area contributed by atoms with Gasteiger partial charge in [-0.2, -0.15) is 0 Å². The van der Waals surface area contributed by atoms with Crippen LogP contribution in [0.15, 0.2) is 52.5 Å². The summed E-state index contributed by atoms with van der Waals surface area (Å²) in [6.07, 6.45) is 2.66. The highest BCUT2D eigenvalue weighted by Crippen LogP contribution is 2.68. The maximum atomic E-state index is 15.1. The predicted octanol–water partition coefficient (Wildman–Crippen LogP) is 5.48. The largest absolute Gasteiger partial charge is 0.464 e. The lowest BCUT2D eigenvalue weighted by Gasteiger charge is -2.34. The zero-order chi connectivity index (χ0) is 27.5. The Hall–Kier alpha value is -3.94. The minimum atomic E-state index is -2.69. The third-order valence-electron chi connectivity index (χ3n) is 7.01. The molecule has 0 saturated heterocycles. The molecule has 3 N–H and O–H groups in total. The van der Waals surface area contributed by atoms with E-state index in [0.717, 1.165) is 17.8 Å². The maximum absolute atomic E-state index is 15.1. The molecule has 4 heterocycles. The van der Waals surface area contributed by atoms with E-state index in [-0.39, 0.29) is 34.5 Å². The molecule has 0 radical (unpaired) electrons. The van der Waals surface area contributed by atoms with E-state index in [9.17, 15) is 13.2 Å². The third-order valence-corrected chi connectivity index (χ3v) is 8.32. The number of alkyl halides is 2. The Labute approximate surface area is 223 Å². The van der Waals surface area contributed by atoms with E-state index < -0.39 is 40.4 Å². The number of fused-ring (bicyclic) bond motifs is 2. The summed E-state index contributed by atoms with van der Waals surface area (Å²) in [5.41, 5.74) is 5.09. The first-order valence-corrected chi connectivity index (χ1v) is 12.7. The molecule has 4 aromatic rings. The predicted molar refractivity (Wildman–Crippen MR) is 136 cm³/mol. The van der Waals surface area contributed by atoms with Gasteiger partial charge in [0.05, 0.1) is 28.2 Å². The molecule has 0 bridgehead atoms. The van der Waals surface area contributed by atoms with Crippen molar-refractivity contribution in [3.8, 4) is 5.88 Å². The number of rotatable bonds is 7. The van der Waals surface area contributed by atoms with Gasteiger partial charge in [0, 0.05) is 29.4 Å². The maximum Gasteiger partial charge on any atom is 0.253 e. The molecule has 1 aliphatic carbocycles. The summed E-state index contributed by atoms with van der Waals surface area (Å²) in [6.45, 7) is 3.24. The summed E-state index contributed by atoms with van der Waals surface area (Å²) in [4.78, 5) is 21.4. The quantitative estimate of drug-likeness (QED) is 0.284. The Morgan fingerprint density at radius 1 is 1.21 bits per heavy atom. The van der Waals surface area contributed by atoms with Crippen molar-refractivity contribution < 1.29 is 26.7 Å². The summed E-state index contributed by atoms with van der Waals surface area (Å²) in [5.74, 6) is -2.26. The molecule has 0 amide bonds. The van der Waals surface area contributed by atoms with E-state index in [2.05, 4.69) is 30.2 Å². The van der Waals surface area contributed by atoms with Crippen molar-refractivity contribution in [2.24, 2.45) is 16.6 Å². The van der Waals surface area contributed by atoms with Crippen LogP contribution in [0.25, 0.3) is 11.0 Å². The van der Waals surface area contributed by atoms with Crippen molar-refractivity contribution in [3.05, 3.63) is 66.1 Å². The molecule has 1 aliphatic heterocycles. The molecule has 0 unspecified atom stereocenters. The van der Waals surface area contributed by atoms with Crippen LogP contribution in [0.2, 0.25) is 0 Å². The number of aliphatic imine (C=N–C) groups is 1. The number of ether oxygens (including phenoxy) is 1. The van der Waals surface area contributed by atoms with Crippen molar-refractivity contribution in [2.75, 3.05) is 5.32 Å². The van der Waals surface area contributed by atoms with Crippen LogP contribution in [0.4, 0.5) is 29.1 Å². The van der Waals surface area contributed by atoms with Gasteiger partial charge in [-0.25, -0.2) is 37.5 Å². The van der Waals surface area contributed by atoms with Crippen LogP contribution < -0.4 is 15.8 Å². The van der Waals surface area contributed by atoms with Gasteiger partial charge in [0.1, 0.15) is 11.8 Å². The van der Waals surface area contributed by atoms with E-state index in [1.807, 2.05) is 0 Å². The molecule has 6 rings (SSSR count). The highest BCUT2D eigenvalue weighted by Gasteiger charge is 2.71. The van der Waals surface area contributed by atoms with Gasteiger partial charge in [-0.1, -0.05) is 11.8 Å². The molecule has 9 nitrogen and oxygen atoms in total. The molecule has 1 saturated carbocycles. The lowest BCUT2D eigenvalue weighted by molar-refractivity contribution is 0.123. The van der Waals surface area contributed by atoms with E-state index in [1.165, 1.54) is 37.8 Å². The normalized spacial score (nSPS) is 24.8. The molecule has 202 valence electrons. The Bertz CT molecular complexity index is 1610. The number of hydrogen-bond acceptors (Lipinski definition) is 10. The van der Waals surface area contributed by atoms with Crippen LogP contribution in [0, 0.1) is 17.6 Å². The zero-order valence-electron chi connectivity index (χ0n) is 20.5. The first-order chi connectivity index (χ1) is 18.6. The molecular weight excluding hydrogens is 538 g/mol. The van der Waals surface area contributed by atoms with Crippen LogP contribution in [0.5, 0.6) is 5.88 Å². The fraction of sp³-hybridized carbons (Fsp3) is 0.320. The monoisotopic (exact) mass is 559 g/mol.